The topological polar surface area (TPSA) is 100 Å². The van der Waals surface area contributed by atoms with Gasteiger partial charge in [0.1, 0.15) is 0 Å². The fourth-order valence-corrected chi connectivity index (χ4v) is 2.48. The van der Waals surface area contributed by atoms with E-state index in [0.29, 0.717) is 16.5 Å². The normalized spacial score (nSPS) is 11.4. The van der Waals surface area contributed by atoms with Crippen molar-refractivity contribution in [3.05, 3.63) is 35.8 Å². The molecule has 0 aliphatic rings. The number of hydrogen-bond acceptors (Lipinski definition) is 5. The first-order chi connectivity index (χ1) is 11.4. The largest absolute Gasteiger partial charge is 0.326 e. The zero-order valence-electron chi connectivity index (χ0n) is 13.3. The Balaban J connectivity index is 1.84. The number of aromatic nitrogens is 1. The third-order valence-corrected chi connectivity index (χ3v) is 3.78. The Morgan fingerprint density at radius 2 is 1.71 bits per heavy atom. The maximum absolute atomic E-state index is 12.1. The van der Waals surface area contributed by atoms with E-state index >= 15 is 0 Å². The molecule has 3 N–H and O–H groups in total. The quantitative estimate of drug-likeness (QED) is 0.748. The van der Waals surface area contributed by atoms with Gasteiger partial charge in [0, 0.05) is 42.2 Å². The summed E-state index contributed by atoms with van der Waals surface area (Å²) in [6, 6.07) is 6.75. The second-order valence-corrected chi connectivity index (χ2v) is 6.13. The maximum atomic E-state index is 12.1. The van der Waals surface area contributed by atoms with Gasteiger partial charge in [-0.2, -0.15) is 0 Å². The Kier molecular flexibility index (Phi) is 6.02. The van der Waals surface area contributed by atoms with Gasteiger partial charge in [-0.1, -0.05) is 6.92 Å². The van der Waals surface area contributed by atoms with Gasteiger partial charge in [-0.3, -0.25) is 14.4 Å². The summed E-state index contributed by atoms with van der Waals surface area (Å²) < 4.78 is 0. The predicted octanol–water partition coefficient (Wildman–Crippen LogP) is 2.70. The van der Waals surface area contributed by atoms with Crippen LogP contribution in [0.4, 0.5) is 16.5 Å². The number of benzene rings is 1. The number of carbonyl (C=O) groups excluding carboxylic acids is 3. The van der Waals surface area contributed by atoms with Crippen LogP contribution in [0.15, 0.2) is 35.8 Å². The molecule has 1 unspecified atom stereocenters. The Labute approximate surface area is 143 Å². The Hall–Kier alpha value is -2.74. The first-order valence-corrected chi connectivity index (χ1v) is 8.20. The van der Waals surface area contributed by atoms with Crippen LogP contribution in [0.2, 0.25) is 0 Å². The molecule has 0 fully saturated rings. The van der Waals surface area contributed by atoms with E-state index in [2.05, 4.69) is 20.9 Å². The molecule has 1 heterocycles. The zero-order valence-corrected chi connectivity index (χ0v) is 14.1. The second-order valence-electron chi connectivity index (χ2n) is 5.24. The molecule has 0 radical (unpaired) electrons. The van der Waals surface area contributed by atoms with Crippen molar-refractivity contribution in [2.45, 2.75) is 20.3 Å². The van der Waals surface area contributed by atoms with Gasteiger partial charge in [0.25, 0.3) is 0 Å². The SMILES string of the molecule is CC(=O)Nc1ccc(NC(=O)C(C)CC(=O)Nc2nccs2)cc1. The van der Waals surface area contributed by atoms with Gasteiger partial charge in [0.15, 0.2) is 5.13 Å². The number of carbonyl (C=O) groups is 3. The number of nitrogens with zero attached hydrogens (tertiary/aromatic N) is 1. The highest BCUT2D eigenvalue weighted by Gasteiger charge is 2.17. The molecule has 1 atom stereocenters. The van der Waals surface area contributed by atoms with E-state index in [1.165, 1.54) is 18.3 Å². The van der Waals surface area contributed by atoms with Crippen molar-refractivity contribution in [1.29, 1.82) is 0 Å². The van der Waals surface area contributed by atoms with E-state index in [-0.39, 0.29) is 24.1 Å². The van der Waals surface area contributed by atoms with Crippen molar-refractivity contribution in [3.8, 4) is 0 Å². The number of rotatable bonds is 6. The summed E-state index contributed by atoms with van der Waals surface area (Å²) in [5.74, 6) is -1.16. The lowest BCUT2D eigenvalue weighted by Gasteiger charge is -2.12. The highest BCUT2D eigenvalue weighted by molar-refractivity contribution is 7.13. The van der Waals surface area contributed by atoms with Gasteiger partial charge in [-0.05, 0) is 24.3 Å². The minimum Gasteiger partial charge on any atom is -0.326 e. The molecule has 0 bridgehead atoms. The molecule has 1 aromatic carbocycles. The third-order valence-electron chi connectivity index (χ3n) is 3.09. The van der Waals surface area contributed by atoms with Gasteiger partial charge in [0.05, 0.1) is 0 Å². The van der Waals surface area contributed by atoms with E-state index in [4.69, 9.17) is 0 Å². The second kappa shape index (κ2) is 8.21. The number of nitrogens with one attached hydrogen (secondary N) is 3. The van der Waals surface area contributed by atoms with Gasteiger partial charge < -0.3 is 16.0 Å². The summed E-state index contributed by atoms with van der Waals surface area (Å²) in [7, 11) is 0. The molecule has 2 rings (SSSR count). The van der Waals surface area contributed by atoms with Crippen LogP contribution in [0, 0.1) is 5.92 Å². The summed E-state index contributed by atoms with van der Waals surface area (Å²) >= 11 is 1.32. The molecule has 8 heteroatoms. The molecular weight excluding hydrogens is 328 g/mol. The van der Waals surface area contributed by atoms with Crippen molar-refractivity contribution < 1.29 is 14.4 Å². The summed E-state index contributed by atoms with van der Waals surface area (Å²) in [5, 5.41) is 10.3. The van der Waals surface area contributed by atoms with E-state index in [0.717, 1.165) is 0 Å². The average Bonchev–Trinajstić information content (AvgIpc) is 3.01. The molecule has 0 aliphatic heterocycles. The zero-order chi connectivity index (χ0) is 17.5. The summed E-state index contributed by atoms with van der Waals surface area (Å²) in [5.41, 5.74) is 1.25. The Morgan fingerprint density at radius 3 is 2.25 bits per heavy atom. The standard InChI is InChI=1S/C16H18N4O3S/c1-10(9-14(22)20-16-17-7-8-24-16)15(23)19-13-5-3-12(4-6-13)18-11(2)21/h3-8,10H,9H2,1-2H3,(H,18,21)(H,19,23)(H,17,20,22). The highest BCUT2D eigenvalue weighted by atomic mass is 32.1. The molecule has 0 spiro atoms. The first-order valence-electron chi connectivity index (χ1n) is 7.32. The van der Waals surface area contributed by atoms with Crippen molar-refractivity contribution >= 4 is 45.6 Å². The van der Waals surface area contributed by atoms with E-state index in [1.54, 1.807) is 42.8 Å². The number of thiazole rings is 1. The van der Waals surface area contributed by atoms with Crippen LogP contribution in [0.3, 0.4) is 0 Å². The van der Waals surface area contributed by atoms with Crippen molar-refractivity contribution in [1.82, 2.24) is 4.98 Å². The highest BCUT2D eigenvalue weighted by Crippen LogP contribution is 2.16. The van der Waals surface area contributed by atoms with Crippen molar-refractivity contribution in [2.24, 2.45) is 5.92 Å². The molecule has 3 amide bonds. The van der Waals surface area contributed by atoms with Gasteiger partial charge in [-0.15, -0.1) is 11.3 Å². The molecule has 24 heavy (non-hydrogen) atoms. The minimum absolute atomic E-state index is 0.0649. The van der Waals surface area contributed by atoms with Gasteiger partial charge in [-0.25, -0.2) is 4.98 Å². The van der Waals surface area contributed by atoms with Crippen molar-refractivity contribution in [3.63, 3.8) is 0 Å². The molecular formula is C16H18N4O3S. The molecule has 1 aromatic heterocycles. The molecule has 2 aromatic rings. The van der Waals surface area contributed by atoms with Crippen LogP contribution >= 0.6 is 11.3 Å². The third kappa shape index (κ3) is 5.47. The molecule has 0 aliphatic carbocycles. The fraction of sp³-hybridized carbons (Fsp3) is 0.250. The van der Waals surface area contributed by atoms with Crippen LogP contribution in [0.5, 0.6) is 0 Å². The van der Waals surface area contributed by atoms with Gasteiger partial charge in [0.2, 0.25) is 17.7 Å². The molecule has 0 saturated carbocycles. The minimum atomic E-state index is -0.486. The molecule has 7 nitrogen and oxygen atoms in total. The lowest BCUT2D eigenvalue weighted by molar-refractivity contribution is -0.124. The molecule has 0 saturated heterocycles. The molecule has 126 valence electrons. The Morgan fingerprint density at radius 1 is 1.08 bits per heavy atom. The predicted molar refractivity (Wildman–Crippen MR) is 93.9 cm³/mol. The van der Waals surface area contributed by atoms with E-state index in [9.17, 15) is 14.4 Å². The number of amides is 3. The maximum Gasteiger partial charge on any atom is 0.227 e. The Bertz CT molecular complexity index is 713. The van der Waals surface area contributed by atoms with Crippen LogP contribution in [-0.2, 0) is 14.4 Å². The van der Waals surface area contributed by atoms with Crippen LogP contribution in [0.25, 0.3) is 0 Å². The van der Waals surface area contributed by atoms with Crippen molar-refractivity contribution in [2.75, 3.05) is 16.0 Å². The lowest BCUT2D eigenvalue weighted by Crippen LogP contribution is -2.25. The van der Waals surface area contributed by atoms with Crippen LogP contribution in [0.1, 0.15) is 20.3 Å². The smallest absolute Gasteiger partial charge is 0.227 e. The summed E-state index contributed by atoms with van der Waals surface area (Å²) in [6.45, 7) is 3.11. The fourth-order valence-electron chi connectivity index (χ4n) is 1.93. The average molecular weight is 346 g/mol. The van der Waals surface area contributed by atoms with E-state index in [1.807, 2.05) is 0 Å². The summed E-state index contributed by atoms with van der Waals surface area (Å²) in [6.07, 6.45) is 1.66. The monoisotopic (exact) mass is 346 g/mol. The number of anilines is 3. The van der Waals surface area contributed by atoms with E-state index < -0.39 is 5.92 Å². The van der Waals surface area contributed by atoms with Crippen LogP contribution in [-0.4, -0.2) is 22.7 Å². The van der Waals surface area contributed by atoms with Crippen LogP contribution < -0.4 is 16.0 Å². The first kappa shape index (κ1) is 17.6. The number of hydrogen-bond donors (Lipinski definition) is 3. The lowest BCUT2D eigenvalue weighted by atomic mass is 10.1. The van der Waals surface area contributed by atoms with Gasteiger partial charge >= 0.3 is 0 Å². The summed E-state index contributed by atoms with van der Waals surface area (Å²) in [4.78, 5) is 38.9.